The molecule has 180 valence electrons. The SMILES string of the molecule is C[C@@H](NC(=O)C(CC(=O)O)NC(=O)OCC1c2ccccc2-c2ccccc21)c1ccc(Br)cc1. The van der Waals surface area contributed by atoms with E-state index in [0.717, 1.165) is 32.3 Å². The average molecular weight is 537 g/mol. The number of fused-ring (bicyclic) bond motifs is 3. The fourth-order valence-corrected chi connectivity index (χ4v) is 4.58. The van der Waals surface area contributed by atoms with Crippen LogP contribution in [0.15, 0.2) is 77.3 Å². The zero-order valence-electron chi connectivity index (χ0n) is 19.0. The molecule has 1 unspecified atom stereocenters. The molecule has 0 aliphatic heterocycles. The van der Waals surface area contributed by atoms with Crippen LogP contribution in [-0.4, -0.2) is 35.7 Å². The zero-order chi connectivity index (χ0) is 24.9. The number of carboxylic acid groups (broad SMARTS) is 1. The fraction of sp³-hybridized carbons (Fsp3) is 0.222. The number of halogens is 1. The zero-order valence-corrected chi connectivity index (χ0v) is 20.6. The van der Waals surface area contributed by atoms with Crippen molar-refractivity contribution in [3.63, 3.8) is 0 Å². The molecule has 1 aliphatic carbocycles. The summed E-state index contributed by atoms with van der Waals surface area (Å²) in [6, 6.07) is 21.6. The lowest BCUT2D eigenvalue weighted by Gasteiger charge is -2.21. The van der Waals surface area contributed by atoms with Crippen LogP contribution >= 0.6 is 15.9 Å². The summed E-state index contributed by atoms with van der Waals surface area (Å²) in [5.74, 6) is -1.95. The van der Waals surface area contributed by atoms with Crippen LogP contribution in [0, 0.1) is 0 Å². The highest BCUT2D eigenvalue weighted by atomic mass is 79.9. The van der Waals surface area contributed by atoms with Crippen LogP contribution in [0.4, 0.5) is 4.79 Å². The Kier molecular flexibility index (Phi) is 7.51. The number of rotatable bonds is 8. The first-order chi connectivity index (χ1) is 16.8. The van der Waals surface area contributed by atoms with Gasteiger partial charge in [-0.05, 0) is 46.9 Å². The molecule has 8 heteroatoms. The summed E-state index contributed by atoms with van der Waals surface area (Å²) < 4.78 is 6.38. The third kappa shape index (κ3) is 5.71. The Bertz CT molecular complexity index is 1200. The van der Waals surface area contributed by atoms with Crippen LogP contribution in [0.3, 0.4) is 0 Å². The molecule has 2 amide bonds. The summed E-state index contributed by atoms with van der Waals surface area (Å²) in [4.78, 5) is 36.8. The first-order valence-corrected chi connectivity index (χ1v) is 12.0. The summed E-state index contributed by atoms with van der Waals surface area (Å²) in [5.41, 5.74) is 5.16. The number of alkyl carbamates (subject to hydrolysis) is 1. The molecule has 3 N–H and O–H groups in total. The quantitative estimate of drug-likeness (QED) is 0.375. The van der Waals surface area contributed by atoms with E-state index in [9.17, 15) is 19.5 Å². The molecule has 7 nitrogen and oxygen atoms in total. The molecule has 0 saturated heterocycles. The van der Waals surface area contributed by atoms with Gasteiger partial charge < -0.3 is 20.5 Å². The fourth-order valence-electron chi connectivity index (χ4n) is 4.32. The number of hydrogen-bond acceptors (Lipinski definition) is 4. The number of nitrogens with one attached hydrogen (secondary N) is 2. The van der Waals surface area contributed by atoms with Crippen molar-refractivity contribution in [3.05, 3.63) is 94.0 Å². The van der Waals surface area contributed by atoms with Crippen molar-refractivity contribution in [2.75, 3.05) is 6.61 Å². The summed E-state index contributed by atoms with van der Waals surface area (Å²) in [5, 5.41) is 14.5. The van der Waals surface area contributed by atoms with Crippen LogP contribution < -0.4 is 10.6 Å². The molecule has 0 aromatic heterocycles. The van der Waals surface area contributed by atoms with E-state index in [-0.39, 0.29) is 18.6 Å². The third-order valence-corrected chi connectivity index (χ3v) is 6.59. The van der Waals surface area contributed by atoms with Crippen molar-refractivity contribution < 1.29 is 24.2 Å². The molecule has 0 radical (unpaired) electrons. The lowest BCUT2D eigenvalue weighted by molar-refractivity contribution is -0.140. The second kappa shape index (κ2) is 10.7. The van der Waals surface area contributed by atoms with Crippen molar-refractivity contribution >= 4 is 33.9 Å². The molecule has 0 heterocycles. The van der Waals surface area contributed by atoms with Gasteiger partial charge in [-0.1, -0.05) is 76.6 Å². The van der Waals surface area contributed by atoms with E-state index in [0.29, 0.717) is 0 Å². The highest BCUT2D eigenvalue weighted by molar-refractivity contribution is 9.10. The monoisotopic (exact) mass is 536 g/mol. The number of hydrogen-bond donors (Lipinski definition) is 3. The van der Waals surface area contributed by atoms with Crippen molar-refractivity contribution in [2.24, 2.45) is 0 Å². The standard InChI is InChI=1S/C27H25BrN2O5/c1-16(17-10-12-18(28)13-11-17)29-26(33)24(14-25(31)32)30-27(34)35-15-23-21-8-4-2-6-19(21)20-7-3-5-9-22(20)23/h2-13,16,23-24H,14-15H2,1H3,(H,29,33)(H,30,34)(H,31,32)/t16-,24?/m1/s1. The van der Waals surface area contributed by atoms with Gasteiger partial charge in [0.05, 0.1) is 12.5 Å². The van der Waals surface area contributed by atoms with Crippen LogP contribution in [-0.2, 0) is 14.3 Å². The van der Waals surface area contributed by atoms with Gasteiger partial charge in [0.2, 0.25) is 5.91 Å². The number of aliphatic carboxylic acids is 1. The largest absolute Gasteiger partial charge is 0.481 e. The third-order valence-electron chi connectivity index (χ3n) is 6.06. The molecule has 0 bridgehead atoms. The molecule has 3 aromatic rings. The maximum absolute atomic E-state index is 12.8. The molecule has 0 fully saturated rings. The van der Waals surface area contributed by atoms with Gasteiger partial charge in [-0.3, -0.25) is 9.59 Å². The Hall–Kier alpha value is -3.65. The van der Waals surface area contributed by atoms with Crippen molar-refractivity contribution in [1.29, 1.82) is 0 Å². The van der Waals surface area contributed by atoms with Crippen molar-refractivity contribution in [3.8, 4) is 11.1 Å². The molecule has 0 spiro atoms. The second-order valence-electron chi connectivity index (χ2n) is 8.40. The van der Waals surface area contributed by atoms with Crippen LogP contribution in [0.2, 0.25) is 0 Å². The lowest BCUT2D eigenvalue weighted by Crippen LogP contribution is -2.48. The van der Waals surface area contributed by atoms with Gasteiger partial charge in [0.25, 0.3) is 0 Å². The molecule has 2 atom stereocenters. The van der Waals surface area contributed by atoms with Gasteiger partial charge in [-0.25, -0.2) is 4.79 Å². The van der Waals surface area contributed by atoms with Gasteiger partial charge >= 0.3 is 12.1 Å². The van der Waals surface area contributed by atoms with Crippen molar-refractivity contribution in [1.82, 2.24) is 10.6 Å². The predicted octanol–water partition coefficient (Wildman–Crippen LogP) is 5.01. The molecule has 3 aromatic carbocycles. The molecule has 0 saturated carbocycles. The number of carboxylic acids is 1. The molecular weight excluding hydrogens is 512 g/mol. The van der Waals surface area contributed by atoms with E-state index < -0.39 is 30.4 Å². The average Bonchev–Trinajstić information content (AvgIpc) is 3.16. The first kappa shape index (κ1) is 24.5. The number of amides is 2. The van der Waals surface area contributed by atoms with E-state index in [1.165, 1.54) is 0 Å². The van der Waals surface area contributed by atoms with E-state index in [1.54, 1.807) is 6.92 Å². The van der Waals surface area contributed by atoms with Gasteiger partial charge in [-0.15, -0.1) is 0 Å². The highest BCUT2D eigenvalue weighted by Gasteiger charge is 2.30. The topological polar surface area (TPSA) is 105 Å². The van der Waals surface area contributed by atoms with E-state index in [2.05, 4.69) is 26.6 Å². The number of carbonyl (C=O) groups excluding carboxylic acids is 2. The van der Waals surface area contributed by atoms with Gasteiger partial charge in [-0.2, -0.15) is 0 Å². The summed E-state index contributed by atoms with van der Waals surface area (Å²) >= 11 is 3.37. The first-order valence-electron chi connectivity index (χ1n) is 11.2. The van der Waals surface area contributed by atoms with Crippen molar-refractivity contribution in [2.45, 2.75) is 31.3 Å². The van der Waals surface area contributed by atoms with Gasteiger partial charge in [0.1, 0.15) is 12.6 Å². The summed E-state index contributed by atoms with van der Waals surface area (Å²) in [6.45, 7) is 1.85. The Morgan fingerprint density at radius 1 is 0.914 bits per heavy atom. The molecule has 35 heavy (non-hydrogen) atoms. The Balaban J connectivity index is 1.40. The van der Waals surface area contributed by atoms with Gasteiger partial charge in [0.15, 0.2) is 0 Å². The Morgan fingerprint density at radius 3 is 2.06 bits per heavy atom. The van der Waals surface area contributed by atoms with E-state index in [4.69, 9.17) is 4.74 Å². The Labute approximate surface area is 211 Å². The minimum Gasteiger partial charge on any atom is -0.481 e. The summed E-state index contributed by atoms with van der Waals surface area (Å²) in [7, 11) is 0. The van der Waals surface area contributed by atoms with E-state index in [1.807, 2.05) is 72.8 Å². The number of benzene rings is 3. The number of carbonyl (C=O) groups is 3. The summed E-state index contributed by atoms with van der Waals surface area (Å²) in [6.07, 6.45) is -1.41. The molecule has 4 rings (SSSR count). The van der Waals surface area contributed by atoms with Crippen LogP contribution in [0.25, 0.3) is 11.1 Å². The minimum absolute atomic E-state index is 0.0660. The minimum atomic E-state index is -1.28. The maximum Gasteiger partial charge on any atom is 0.407 e. The van der Waals surface area contributed by atoms with E-state index >= 15 is 0 Å². The smallest absolute Gasteiger partial charge is 0.407 e. The van der Waals surface area contributed by atoms with Crippen LogP contribution in [0.1, 0.15) is 42.0 Å². The normalized spacial score (nSPS) is 13.8. The van der Waals surface area contributed by atoms with Gasteiger partial charge in [0, 0.05) is 10.4 Å². The Morgan fingerprint density at radius 2 is 1.49 bits per heavy atom. The van der Waals surface area contributed by atoms with Crippen LogP contribution in [0.5, 0.6) is 0 Å². The molecule has 1 aliphatic rings. The molecular formula is C27H25BrN2O5. The highest BCUT2D eigenvalue weighted by Crippen LogP contribution is 2.44. The second-order valence-corrected chi connectivity index (χ2v) is 9.32. The predicted molar refractivity (Wildman–Crippen MR) is 135 cm³/mol. The lowest BCUT2D eigenvalue weighted by atomic mass is 9.98. The number of ether oxygens (including phenoxy) is 1. The maximum atomic E-state index is 12.8.